The summed E-state index contributed by atoms with van der Waals surface area (Å²) in [6.07, 6.45) is 1.78. The van der Waals surface area contributed by atoms with E-state index >= 15 is 0 Å². The monoisotopic (exact) mass is 561 g/mol. The van der Waals surface area contributed by atoms with E-state index < -0.39 is 0 Å². The Morgan fingerprint density at radius 2 is 1.77 bits per heavy atom. The van der Waals surface area contributed by atoms with Crippen LogP contribution in [0.4, 0.5) is 0 Å². The van der Waals surface area contributed by atoms with Gasteiger partial charge >= 0.3 is 0 Å². The van der Waals surface area contributed by atoms with Crippen molar-refractivity contribution < 1.29 is 14.2 Å². The quantitative estimate of drug-likeness (QED) is 0.220. The predicted octanol–water partition coefficient (Wildman–Crippen LogP) is 7.53. The van der Waals surface area contributed by atoms with Crippen molar-refractivity contribution in [2.24, 2.45) is 0 Å². The fourth-order valence-electron chi connectivity index (χ4n) is 2.94. The van der Waals surface area contributed by atoms with E-state index in [1.165, 1.54) is 0 Å². The molecule has 0 aliphatic heterocycles. The number of methoxy groups -OCH3 is 2. The third-order valence-corrected chi connectivity index (χ3v) is 5.90. The zero-order valence-electron chi connectivity index (χ0n) is 16.8. The predicted molar refractivity (Wildman–Crippen MR) is 131 cm³/mol. The second-order valence-corrected chi connectivity index (χ2v) is 8.60. The molecule has 0 aromatic heterocycles. The molecule has 0 fully saturated rings. The van der Waals surface area contributed by atoms with E-state index in [9.17, 15) is 5.26 Å². The largest absolute Gasteiger partial charge is 0.493 e. The summed E-state index contributed by atoms with van der Waals surface area (Å²) in [6.45, 7) is 0.291. The van der Waals surface area contributed by atoms with Crippen LogP contribution in [0.2, 0.25) is 5.02 Å². The first-order valence-corrected chi connectivity index (χ1v) is 11.1. The third-order valence-electron chi connectivity index (χ3n) is 4.48. The maximum Gasteiger partial charge on any atom is 0.161 e. The van der Waals surface area contributed by atoms with Crippen LogP contribution in [0.1, 0.15) is 16.7 Å². The lowest BCUT2D eigenvalue weighted by molar-refractivity contribution is 0.303. The second-order valence-electron chi connectivity index (χ2n) is 6.43. The summed E-state index contributed by atoms with van der Waals surface area (Å²) in [5, 5.41) is 10.5. The van der Waals surface area contributed by atoms with E-state index in [2.05, 4.69) is 37.9 Å². The third kappa shape index (κ3) is 5.62. The van der Waals surface area contributed by atoms with Gasteiger partial charge in [0.25, 0.3) is 0 Å². The minimum absolute atomic E-state index is 0.291. The van der Waals surface area contributed by atoms with Crippen molar-refractivity contribution in [2.45, 2.75) is 6.61 Å². The van der Waals surface area contributed by atoms with E-state index in [1.54, 1.807) is 32.4 Å². The van der Waals surface area contributed by atoms with Gasteiger partial charge in [-0.05, 0) is 64.0 Å². The molecule has 3 aromatic rings. The molecule has 31 heavy (non-hydrogen) atoms. The molecule has 0 spiro atoms. The molecule has 3 rings (SSSR count). The number of ether oxygens (including phenoxy) is 3. The Morgan fingerprint density at radius 3 is 2.45 bits per heavy atom. The van der Waals surface area contributed by atoms with E-state index in [-0.39, 0.29) is 0 Å². The van der Waals surface area contributed by atoms with Crippen LogP contribution in [0.5, 0.6) is 17.2 Å². The molecule has 0 aliphatic carbocycles. The van der Waals surface area contributed by atoms with E-state index in [0.29, 0.717) is 40.0 Å². The smallest absolute Gasteiger partial charge is 0.161 e. The van der Waals surface area contributed by atoms with Gasteiger partial charge in [-0.25, -0.2) is 0 Å². The Labute approximate surface area is 203 Å². The number of hydrogen-bond donors (Lipinski definition) is 0. The summed E-state index contributed by atoms with van der Waals surface area (Å²) in [7, 11) is 3.13. The van der Waals surface area contributed by atoms with Gasteiger partial charge in [0.15, 0.2) is 11.5 Å². The number of nitrogens with zero attached hydrogens (tertiary/aromatic N) is 1. The standard InChI is InChI=1S/C24H18Br2ClNO3/c1-29-22-8-7-15(11-23(22)30-2)18(13-28)9-17-10-19(25)12-20(26)24(17)31-14-16-5-3-4-6-21(16)27/h3-12H,14H2,1-2H3/b18-9+. The molecule has 4 nitrogen and oxygen atoms in total. The molecule has 0 bridgehead atoms. The van der Waals surface area contributed by atoms with Gasteiger partial charge in [0.1, 0.15) is 12.4 Å². The van der Waals surface area contributed by atoms with E-state index in [4.69, 9.17) is 25.8 Å². The van der Waals surface area contributed by atoms with Gasteiger partial charge in [-0.2, -0.15) is 5.26 Å². The first kappa shape index (κ1) is 23.2. The number of nitriles is 1. The van der Waals surface area contributed by atoms with Crippen molar-refractivity contribution >= 4 is 55.1 Å². The van der Waals surface area contributed by atoms with Crippen molar-refractivity contribution in [3.8, 4) is 23.3 Å². The van der Waals surface area contributed by atoms with Crippen LogP contribution in [-0.2, 0) is 6.61 Å². The molecule has 0 saturated heterocycles. The zero-order valence-corrected chi connectivity index (χ0v) is 20.7. The molecule has 0 saturated carbocycles. The van der Waals surface area contributed by atoms with Crippen LogP contribution < -0.4 is 14.2 Å². The highest BCUT2D eigenvalue weighted by Crippen LogP contribution is 2.37. The molecule has 3 aromatic carbocycles. The number of allylic oxidation sites excluding steroid dienone is 1. The number of benzene rings is 3. The molecular weight excluding hydrogens is 546 g/mol. The average Bonchev–Trinajstić information content (AvgIpc) is 2.77. The molecule has 0 heterocycles. The second kappa shape index (κ2) is 10.7. The van der Waals surface area contributed by atoms with Gasteiger partial charge in [0.05, 0.1) is 30.3 Å². The summed E-state index contributed by atoms with van der Waals surface area (Å²) >= 11 is 13.3. The van der Waals surface area contributed by atoms with Crippen molar-refractivity contribution in [2.75, 3.05) is 14.2 Å². The van der Waals surface area contributed by atoms with Gasteiger partial charge in [0, 0.05) is 20.6 Å². The highest BCUT2D eigenvalue weighted by atomic mass is 79.9. The number of hydrogen-bond acceptors (Lipinski definition) is 4. The Balaban J connectivity index is 2.02. The highest BCUT2D eigenvalue weighted by Gasteiger charge is 2.13. The highest BCUT2D eigenvalue weighted by molar-refractivity contribution is 9.11. The lowest BCUT2D eigenvalue weighted by Gasteiger charge is -2.14. The van der Waals surface area contributed by atoms with Gasteiger partial charge in [-0.15, -0.1) is 0 Å². The minimum Gasteiger partial charge on any atom is -0.493 e. The normalized spacial score (nSPS) is 11.0. The Hall–Kier alpha value is -2.46. The number of halogens is 3. The zero-order chi connectivity index (χ0) is 22.4. The minimum atomic E-state index is 0.291. The Morgan fingerprint density at radius 1 is 1.03 bits per heavy atom. The molecule has 0 atom stereocenters. The molecule has 0 N–H and O–H groups in total. The molecular formula is C24H18Br2ClNO3. The maximum atomic E-state index is 9.83. The molecule has 0 aliphatic rings. The van der Waals surface area contributed by atoms with Gasteiger partial charge in [0.2, 0.25) is 0 Å². The van der Waals surface area contributed by atoms with Crippen LogP contribution in [0.25, 0.3) is 11.6 Å². The summed E-state index contributed by atoms with van der Waals surface area (Å²) in [5.74, 6) is 1.75. The number of rotatable bonds is 7. The molecule has 0 amide bonds. The topological polar surface area (TPSA) is 51.5 Å². The molecule has 0 unspecified atom stereocenters. The van der Waals surface area contributed by atoms with Crippen LogP contribution in [0.15, 0.2) is 63.5 Å². The van der Waals surface area contributed by atoms with Crippen molar-refractivity contribution in [3.05, 3.63) is 85.3 Å². The van der Waals surface area contributed by atoms with Crippen LogP contribution in [0.3, 0.4) is 0 Å². The molecule has 158 valence electrons. The Bertz CT molecular complexity index is 1170. The summed E-state index contributed by atoms with van der Waals surface area (Å²) in [6, 6.07) is 18.9. The summed E-state index contributed by atoms with van der Waals surface area (Å²) in [4.78, 5) is 0. The fourth-order valence-corrected chi connectivity index (χ4v) is 4.51. The fraction of sp³-hybridized carbons (Fsp3) is 0.125. The Kier molecular flexibility index (Phi) is 8.03. The first-order valence-electron chi connectivity index (χ1n) is 9.16. The average molecular weight is 564 g/mol. The summed E-state index contributed by atoms with van der Waals surface area (Å²) < 4.78 is 18.4. The van der Waals surface area contributed by atoms with Crippen LogP contribution in [-0.4, -0.2) is 14.2 Å². The lowest BCUT2D eigenvalue weighted by Crippen LogP contribution is -1.99. The van der Waals surface area contributed by atoms with Crippen molar-refractivity contribution in [1.29, 1.82) is 5.26 Å². The summed E-state index contributed by atoms with van der Waals surface area (Å²) in [5.41, 5.74) is 2.76. The van der Waals surface area contributed by atoms with Gasteiger partial charge in [-0.1, -0.05) is 45.7 Å². The lowest BCUT2D eigenvalue weighted by atomic mass is 10.0. The van der Waals surface area contributed by atoms with Crippen LogP contribution in [0, 0.1) is 11.3 Å². The van der Waals surface area contributed by atoms with Gasteiger partial charge in [-0.3, -0.25) is 0 Å². The van der Waals surface area contributed by atoms with Gasteiger partial charge < -0.3 is 14.2 Å². The maximum absolute atomic E-state index is 9.83. The van der Waals surface area contributed by atoms with E-state index in [1.807, 2.05) is 42.5 Å². The van der Waals surface area contributed by atoms with Crippen molar-refractivity contribution in [3.63, 3.8) is 0 Å². The molecule has 7 heteroatoms. The van der Waals surface area contributed by atoms with E-state index in [0.717, 1.165) is 20.1 Å². The molecule has 0 radical (unpaired) electrons. The van der Waals surface area contributed by atoms with Crippen LogP contribution >= 0.6 is 43.5 Å². The first-order chi connectivity index (χ1) is 15.0. The van der Waals surface area contributed by atoms with Crippen molar-refractivity contribution in [1.82, 2.24) is 0 Å². The SMILES string of the molecule is COc1ccc(/C(C#N)=C/c2cc(Br)cc(Br)c2OCc2ccccc2Cl)cc1OC.